The Labute approximate surface area is 225 Å². The van der Waals surface area contributed by atoms with Gasteiger partial charge in [0.05, 0.1) is 24.5 Å². The summed E-state index contributed by atoms with van der Waals surface area (Å²) in [6.45, 7) is 3.72. The lowest BCUT2D eigenvalue weighted by Gasteiger charge is -2.33. The van der Waals surface area contributed by atoms with E-state index in [0.717, 1.165) is 43.2 Å². The van der Waals surface area contributed by atoms with Crippen molar-refractivity contribution < 1.29 is 58.2 Å². The van der Waals surface area contributed by atoms with Crippen LogP contribution in [0.5, 0.6) is 0 Å². The number of alkyl halides is 9. The number of hydrogen-bond acceptors (Lipinski definition) is 6. The van der Waals surface area contributed by atoms with Crippen LogP contribution < -0.4 is 15.5 Å². The number of piperidine rings is 1. The molecule has 0 radical (unpaired) electrons. The average molecular weight is 601 g/mol. The summed E-state index contributed by atoms with van der Waals surface area (Å²) < 4.78 is 126. The largest absolute Gasteiger partial charge is 0.458 e. The number of ketones is 2. The van der Waals surface area contributed by atoms with Gasteiger partial charge in [-0.1, -0.05) is 6.07 Å². The molecule has 16 heteroatoms. The summed E-state index contributed by atoms with van der Waals surface area (Å²) in [5, 5.41) is 6.31. The molecule has 0 spiro atoms. The van der Waals surface area contributed by atoms with Gasteiger partial charge in [0.25, 0.3) is 0 Å². The lowest BCUT2D eigenvalue weighted by molar-refractivity contribution is -0.193. The minimum Gasteiger partial charge on any atom is -0.375 e. The first-order valence-corrected chi connectivity index (χ1v) is 12.1. The van der Waals surface area contributed by atoms with Gasteiger partial charge in [0.1, 0.15) is 0 Å². The van der Waals surface area contributed by atoms with E-state index >= 15 is 0 Å². The van der Waals surface area contributed by atoms with E-state index in [4.69, 9.17) is 4.74 Å². The molecule has 3 heterocycles. The summed E-state index contributed by atoms with van der Waals surface area (Å²) in [4.78, 5) is 21.6. The highest BCUT2D eigenvalue weighted by molar-refractivity contribution is 6.41. The number of halogens is 10. The number of carbonyl (C=O) groups is 2. The summed E-state index contributed by atoms with van der Waals surface area (Å²) in [6, 6.07) is 7.50. The third-order valence-corrected chi connectivity index (χ3v) is 6.79. The molecule has 3 aliphatic heterocycles. The van der Waals surface area contributed by atoms with Crippen molar-refractivity contribution in [3.05, 3.63) is 52.8 Å². The predicted octanol–water partition coefficient (Wildman–Crippen LogP) is 5.63. The van der Waals surface area contributed by atoms with Crippen LogP contribution in [0.25, 0.3) is 0 Å². The molecule has 0 unspecified atom stereocenters. The number of rotatable bonds is 3. The third-order valence-electron chi connectivity index (χ3n) is 6.79. The molecule has 2 aromatic carbocycles. The monoisotopic (exact) mass is 601 g/mol. The van der Waals surface area contributed by atoms with Crippen molar-refractivity contribution in [3.8, 4) is 0 Å². The van der Waals surface area contributed by atoms with E-state index in [1.165, 1.54) is 17.8 Å². The van der Waals surface area contributed by atoms with E-state index in [0.29, 0.717) is 30.9 Å². The van der Waals surface area contributed by atoms with Gasteiger partial charge in [-0.3, -0.25) is 9.59 Å². The molecule has 5 rings (SSSR count). The molecule has 2 atom stereocenters. The molecular weight excluding hydrogens is 580 g/mol. The Hall–Kier alpha value is -3.40. The van der Waals surface area contributed by atoms with Gasteiger partial charge in [0, 0.05) is 42.0 Å². The van der Waals surface area contributed by atoms with Crippen LogP contribution in [0.1, 0.15) is 29.0 Å². The van der Waals surface area contributed by atoms with Crippen LogP contribution in [0.2, 0.25) is 0 Å². The van der Waals surface area contributed by atoms with Crippen LogP contribution >= 0.6 is 0 Å². The second-order valence-corrected chi connectivity index (χ2v) is 9.43. The van der Waals surface area contributed by atoms with E-state index in [9.17, 15) is 53.5 Å². The predicted molar refractivity (Wildman–Crippen MR) is 124 cm³/mol. The van der Waals surface area contributed by atoms with Crippen molar-refractivity contribution in [2.75, 3.05) is 36.5 Å². The topological polar surface area (TPSA) is 70.7 Å². The highest BCUT2D eigenvalue weighted by Crippen LogP contribution is 2.48. The molecule has 1 fully saturated rings. The van der Waals surface area contributed by atoms with Gasteiger partial charge in [-0.2, -0.15) is 39.5 Å². The molecular formula is C25H21F10N3O3. The first kappa shape index (κ1) is 30.6. The van der Waals surface area contributed by atoms with Gasteiger partial charge in [0.2, 0.25) is 0 Å². The Bertz CT molecular complexity index is 1300. The molecule has 2 N–H and O–H groups in total. The normalized spacial score (nSPS) is 20.3. The zero-order valence-corrected chi connectivity index (χ0v) is 20.7. The molecule has 0 aliphatic carbocycles. The van der Waals surface area contributed by atoms with Crippen LogP contribution in [0.15, 0.2) is 30.3 Å². The molecule has 41 heavy (non-hydrogen) atoms. The zero-order valence-electron chi connectivity index (χ0n) is 20.7. The Balaban J connectivity index is 0.000000275. The van der Waals surface area contributed by atoms with Crippen LogP contribution in [0.3, 0.4) is 0 Å². The summed E-state index contributed by atoms with van der Waals surface area (Å²) >= 11 is 0. The maximum atomic E-state index is 14.5. The summed E-state index contributed by atoms with van der Waals surface area (Å²) in [7, 11) is 0. The van der Waals surface area contributed by atoms with Gasteiger partial charge in [-0.05, 0) is 42.8 Å². The molecule has 0 amide bonds. The number of benzene rings is 2. The zero-order chi connectivity index (χ0) is 30.3. The van der Waals surface area contributed by atoms with Crippen LogP contribution in [0.4, 0.5) is 61.0 Å². The SMILES string of the molecule is Fc1c(Nc2cc3c4c(c2)[C@@H]2CNCC[C@@H]2N4CCOC3)cccc1C(F)(F)F.O=C(C(=O)C(F)(F)F)C(F)(F)F. The van der Waals surface area contributed by atoms with Crippen molar-refractivity contribution in [2.45, 2.75) is 43.5 Å². The van der Waals surface area contributed by atoms with Crippen molar-refractivity contribution in [1.29, 1.82) is 0 Å². The number of ether oxygens (including phenoxy) is 1. The van der Waals surface area contributed by atoms with Crippen LogP contribution in [-0.2, 0) is 27.1 Å². The van der Waals surface area contributed by atoms with Gasteiger partial charge in [-0.25, -0.2) is 4.39 Å². The smallest absolute Gasteiger partial charge is 0.375 e. The summed E-state index contributed by atoms with van der Waals surface area (Å²) in [5.74, 6) is -7.80. The Morgan fingerprint density at radius 3 is 2.24 bits per heavy atom. The lowest BCUT2D eigenvalue weighted by atomic mass is 9.89. The fourth-order valence-corrected chi connectivity index (χ4v) is 5.12. The average Bonchev–Trinajstić information content (AvgIpc) is 3.03. The molecule has 224 valence electrons. The maximum absolute atomic E-state index is 14.5. The van der Waals surface area contributed by atoms with Crippen LogP contribution in [-0.4, -0.2) is 56.2 Å². The van der Waals surface area contributed by atoms with Gasteiger partial charge in [0.15, 0.2) is 5.82 Å². The molecule has 1 saturated heterocycles. The third kappa shape index (κ3) is 6.42. The summed E-state index contributed by atoms with van der Waals surface area (Å²) in [5.41, 5.74) is 2.44. The van der Waals surface area contributed by atoms with E-state index in [1.54, 1.807) is 0 Å². The van der Waals surface area contributed by atoms with E-state index < -0.39 is 41.5 Å². The van der Waals surface area contributed by atoms with Gasteiger partial charge < -0.3 is 20.3 Å². The van der Waals surface area contributed by atoms with Gasteiger partial charge in [-0.15, -0.1) is 0 Å². The highest BCUT2D eigenvalue weighted by Gasteiger charge is 2.54. The van der Waals surface area contributed by atoms with Crippen LogP contribution in [0, 0.1) is 5.82 Å². The number of anilines is 3. The second kappa shape index (κ2) is 11.1. The molecule has 6 nitrogen and oxygen atoms in total. The first-order valence-electron chi connectivity index (χ1n) is 12.1. The number of nitrogens with zero attached hydrogens (tertiary/aromatic N) is 1. The maximum Gasteiger partial charge on any atom is 0.458 e. The molecule has 0 aromatic heterocycles. The van der Waals surface area contributed by atoms with Crippen molar-refractivity contribution >= 4 is 28.6 Å². The molecule has 0 saturated carbocycles. The fourth-order valence-electron chi connectivity index (χ4n) is 5.12. The fraction of sp³-hybridized carbons (Fsp3) is 0.440. The first-order chi connectivity index (χ1) is 19.0. The van der Waals surface area contributed by atoms with E-state index in [2.05, 4.69) is 15.5 Å². The van der Waals surface area contributed by atoms with Crippen molar-refractivity contribution in [1.82, 2.24) is 5.32 Å². The Morgan fingerprint density at radius 2 is 1.63 bits per heavy atom. The summed E-state index contributed by atoms with van der Waals surface area (Å²) in [6.07, 6.45) is -15.2. The minimum atomic E-state index is -5.77. The number of fused-ring (bicyclic) bond motifs is 3. The van der Waals surface area contributed by atoms with Gasteiger partial charge >= 0.3 is 30.1 Å². The van der Waals surface area contributed by atoms with E-state index in [1.807, 2.05) is 12.1 Å². The molecule has 3 aliphatic rings. The molecule has 2 aromatic rings. The molecule has 0 bridgehead atoms. The number of nitrogens with one attached hydrogen (secondary N) is 2. The minimum absolute atomic E-state index is 0.185. The van der Waals surface area contributed by atoms with E-state index in [-0.39, 0.29) is 5.69 Å². The number of Topliss-reactive ketones (excluding diaryl/α,β-unsaturated/α-hetero) is 2. The second-order valence-electron chi connectivity index (χ2n) is 9.43. The quantitative estimate of drug-likeness (QED) is 0.351. The number of hydrogen-bond donors (Lipinski definition) is 2. The highest BCUT2D eigenvalue weighted by atomic mass is 19.4. The standard InChI is InChI=1S/C21H21F4N3O.C4F6O2/c22-19-16(21(23,24)25)2-1-3-17(19)27-13-8-12-11-29-7-6-28-18-4-5-26-10-15(18)14(9-13)20(12)28;5-3(6,7)1(11)2(12)4(8,9)10/h1-3,8-9,15,18,26-27H,4-7,10-11H2;/t15-,18-;/m0./s1. The number of carbonyl (C=O) groups excluding carboxylic acids is 2. The Kier molecular flexibility index (Phi) is 8.28. The lowest BCUT2D eigenvalue weighted by Crippen LogP contribution is -2.44. The Morgan fingerprint density at radius 1 is 0.976 bits per heavy atom. The van der Waals surface area contributed by atoms with Crippen molar-refractivity contribution in [2.24, 2.45) is 0 Å². The van der Waals surface area contributed by atoms with Crippen molar-refractivity contribution in [3.63, 3.8) is 0 Å².